The van der Waals surface area contributed by atoms with Gasteiger partial charge in [0.25, 0.3) is 0 Å². The van der Waals surface area contributed by atoms with Crippen molar-refractivity contribution in [2.75, 3.05) is 13.1 Å². The van der Waals surface area contributed by atoms with Crippen molar-refractivity contribution < 1.29 is 5.11 Å². The molecule has 0 aromatic heterocycles. The molecule has 0 spiro atoms. The lowest BCUT2D eigenvalue weighted by Gasteiger charge is -2.29. The zero-order valence-electron chi connectivity index (χ0n) is 9.16. The maximum atomic E-state index is 9.79. The summed E-state index contributed by atoms with van der Waals surface area (Å²) >= 11 is 0. The topological polar surface area (TPSA) is 23.5 Å². The van der Waals surface area contributed by atoms with Crippen LogP contribution in [0.4, 0.5) is 0 Å². The van der Waals surface area contributed by atoms with Crippen molar-refractivity contribution in [3.05, 3.63) is 0 Å². The summed E-state index contributed by atoms with van der Waals surface area (Å²) in [5, 5.41) is 9.79. The molecule has 1 N–H and O–H groups in total. The maximum Gasteiger partial charge on any atom is 0.0695 e. The second-order valence-corrected chi connectivity index (χ2v) is 4.25. The summed E-state index contributed by atoms with van der Waals surface area (Å²) in [7, 11) is 0. The third-order valence-corrected chi connectivity index (χ3v) is 3.21. The second-order valence-electron chi connectivity index (χ2n) is 4.25. The molecular formula is C11H23NO. The van der Waals surface area contributed by atoms with Crippen LogP contribution in [-0.4, -0.2) is 35.2 Å². The molecule has 0 amide bonds. The Bertz CT molecular complexity index is 145. The van der Waals surface area contributed by atoms with Crippen molar-refractivity contribution in [3.8, 4) is 0 Å². The van der Waals surface area contributed by atoms with Crippen LogP contribution in [-0.2, 0) is 0 Å². The number of aliphatic hydroxyl groups excluding tert-OH is 1. The highest BCUT2D eigenvalue weighted by Gasteiger charge is 2.31. The Kier molecular flexibility index (Phi) is 4.20. The Hall–Kier alpha value is -0.0800. The molecule has 1 fully saturated rings. The lowest BCUT2D eigenvalue weighted by atomic mass is 10.1. The molecule has 1 rings (SSSR count). The molecule has 1 aliphatic carbocycles. The normalized spacial score (nSPS) is 21.9. The summed E-state index contributed by atoms with van der Waals surface area (Å²) < 4.78 is 0. The van der Waals surface area contributed by atoms with Crippen LogP contribution in [0.15, 0.2) is 0 Å². The van der Waals surface area contributed by atoms with Gasteiger partial charge in [0.2, 0.25) is 0 Å². The Morgan fingerprint density at radius 2 is 2.00 bits per heavy atom. The van der Waals surface area contributed by atoms with Gasteiger partial charge < -0.3 is 5.11 Å². The summed E-state index contributed by atoms with van der Waals surface area (Å²) in [6.07, 6.45) is 3.57. The lowest BCUT2D eigenvalue weighted by molar-refractivity contribution is 0.0785. The Labute approximate surface area is 81.9 Å². The van der Waals surface area contributed by atoms with Crippen molar-refractivity contribution in [3.63, 3.8) is 0 Å². The smallest absolute Gasteiger partial charge is 0.0695 e. The highest BCUT2D eigenvalue weighted by Crippen LogP contribution is 2.33. The Morgan fingerprint density at radius 1 is 1.38 bits per heavy atom. The molecule has 0 aliphatic heterocycles. The molecule has 0 aromatic rings. The fraction of sp³-hybridized carbons (Fsp3) is 1.00. The highest BCUT2D eigenvalue weighted by atomic mass is 16.3. The summed E-state index contributed by atoms with van der Waals surface area (Å²) in [5.41, 5.74) is 0. The molecule has 0 aromatic carbocycles. The average molecular weight is 185 g/mol. The molecule has 0 bridgehead atoms. The van der Waals surface area contributed by atoms with E-state index in [4.69, 9.17) is 0 Å². The molecule has 2 heteroatoms. The van der Waals surface area contributed by atoms with Crippen LogP contribution in [0.2, 0.25) is 0 Å². The first kappa shape index (κ1) is 11.0. The van der Waals surface area contributed by atoms with Gasteiger partial charge in [-0.25, -0.2) is 0 Å². The minimum absolute atomic E-state index is 0.0750. The van der Waals surface area contributed by atoms with Crippen molar-refractivity contribution in [2.45, 2.75) is 52.2 Å². The van der Waals surface area contributed by atoms with Gasteiger partial charge in [-0.1, -0.05) is 13.8 Å². The first-order valence-corrected chi connectivity index (χ1v) is 5.61. The molecule has 0 heterocycles. The van der Waals surface area contributed by atoms with E-state index in [-0.39, 0.29) is 6.10 Å². The summed E-state index contributed by atoms with van der Waals surface area (Å²) in [6, 6.07) is 0.610. The van der Waals surface area contributed by atoms with Crippen LogP contribution in [0.25, 0.3) is 0 Å². The summed E-state index contributed by atoms with van der Waals surface area (Å²) in [4.78, 5) is 2.38. The van der Waals surface area contributed by atoms with E-state index < -0.39 is 0 Å². The molecule has 0 saturated heterocycles. The standard InChI is InChI=1S/C11H23NO/c1-4-9(3)12(5-2)8-11(13)10-6-7-10/h9-11,13H,4-8H2,1-3H3. The largest absolute Gasteiger partial charge is 0.392 e. The number of rotatable bonds is 6. The molecule has 0 radical (unpaired) electrons. The second kappa shape index (κ2) is 4.97. The van der Waals surface area contributed by atoms with Gasteiger partial charge in [-0.15, -0.1) is 0 Å². The molecular weight excluding hydrogens is 162 g/mol. The van der Waals surface area contributed by atoms with Gasteiger partial charge in [0.15, 0.2) is 0 Å². The summed E-state index contributed by atoms with van der Waals surface area (Å²) in [6.45, 7) is 8.54. The SMILES string of the molecule is CCC(C)N(CC)CC(O)C1CC1. The molecule has 2 nitrogen and oxygen atoms in total. The van der Waals surface area contributed by atoms with E-state index in [1.165, 1.54) is 19.3 Å². The number of hydrogen-bond acceptors (Lipinski definition) is 2. The Balaban J connectivity index is 2.28. The third kappa shape index (κ3) is 3.28. The minimum Gasteiger partial charge on any atom is -0.392 e. The Morgan fingerprint density at radius 3 is 2.38 bits per heavy atom. The van der Waals surface area contributed by atoms with Crippen LogP contribution in [0.1, 0.15) is 40.0 Å². The van der Waals surface area contributed by atoms with Gasteiger partial charge in [-0.05, 0) is 38.6 Å². The summed E-state index contributed by atoms with van der Waals surface area (Å²) in [5.74, 6) is 0.609. The molecule has 13 heavy (non-hydrogen) atoms. The number of aliphatic hydroxyl groups is 1. The van der Waals surface area contributed by atoms with E-state index in [1.54, 1.807) is 0 Å². The van der Waals surface area contributed by atoms with Crippen LogP contribution >= 0.6 is 0 Å². The number of hydrogen-bond donors (Lipinski definition) is 1. The molecule has 78 valence electrons. The van der Waals surface area contributed by atoms with E-state index in [1.807, 2.05) is 0 Å². The van der Waals surface area contributed by atoms with Gasteiger partial charge in [0, 0.05) is 12.6 Å². The third-order valence-electron chi connectivity index (χ3n) is 3.21. The van der Waals surface area contributed by atoms with Gasteiger partial charge in [-0.2, -0.15) is 0 Å². The van der Waals surface area contributed by atoms with E-state index in [9.17, 15) is 5.11 Å². The fourth-order valence-corrected chi connectivity index (χ4v) is 1.75. The average Bonchev–Trinajstić information content (AvgIpc) is 2.95. The first-order valence-electron chi connectivity index (χ1n) is 5.61. The van der Waals surface area contributed by atoms with Crippen LogP contribution in [0.5, 0.6) is 0 Å². The van der Waals surface area contributed by atoms with E-state index in [0.717, 1.165) is 13.1 Å². The van der Waals surface area contributed by atoms with Crippen molar-refractivity contribution in [1.29, 1.82) is 0 Å². The first-order chi connectivity index (χ1) is 6.19. The van der Waals surface area contributed by atoms with Crippen molar-refractivity contribution in [2.24, 2.45) is 5.92 Å². The van der Waals surface area contributed by atoms with Crippen LogP contribution < -0.4 is 0 Å². The number of nitrogens with zero attached hydrogens (tertiary/aromatic N) is 1. The molecule has 1 saturated carbocycles. The van der Waals surface area contributed by atoms with Crippen molar-refractivity contribution >= 4 is 0 Å². The van der Waals surface area contributed by atoms with Gasteiger partial charge in [0.1, 0.15) is 0 Å². The monoisotopic (exact) mass is 185 g/mol. The molecule has 2 atom stereocenters. The highest BCUT2D eigenvalue weighted by molar-refractivity contribution is 4.83. The predicted molar refractivity (Wildman–Crippen MR) is 55.7 cm³/mol. The maximum absolute atomic E-state index is 9.79. The van der Waals surface area contributed by atoms with Gasteiger partial charge in [-0.3, -0.25) is 4.90 Å². The quantitative estimate of drug-likeness (QED) is 0.683. The van der Waals surface area contributed by atoms with Crippen molar-refractivity contribution in [1.82, 2.24) is 4.90 Å². The zero-order valence-corrected chi connectivity index (χ0v) is 9.16. The predicted octanol–water partition coefficient (Wildman–Crippen LogP) is 1.88. The van der Waals surface area contributed by atoms with Crippen LogP contribution in [0, 0.1) is 5.92 Å². The molecule has 1 aliphatic rings. The number of likely N-dealkylation sites (N-methyl/N-ethyl adjacent to an activating group) is 1. The van der Waals surface area contributed by atoms with Gasteiger partial charge >= 0.3 is 0 Å². The fourth-order valence-electron chi connectivity index (χ4n) is 1.75. The zero-order chi connectivity index (χ0) is 9.84. The van der Waals surface area contributed by atoms with E-state index in [2.05, 4.69) is 25.7 Å². The van der Waals surface area contributed by atoms with E-state index in [0.29, 0.717) is 12.0 Å². The minimum atomic E-state index is -0.0750. The van der Waals surface area contributed by atoms with Crippen LogP contribution in [0.3, 0.4) is 0 Å². The molecule has 2 unspecified atom stereocenters. The van der Waals surface area contributed by atoms with E-state index >= 15 is 0 Å². The van der Waals surface area contributed by atoms with Gasteiger partial charge in [0.05, 0.1) is 6.10 Å². The lowest BCUT2D eigenvalue weighted by Crippen LogP contribution is -2.39.